The smallest absolute Gasteiger partial charge is 0.135 e. The van der Waals surface area contributed by atoms with Crippen LogP contribution in [0.3, 0.4) is 0 Å². The maximum atomic E-state index is 9.51. The summed E-state index contributed by atoms with van der Waals surface area (Å²) in [6, 6.07) is 1.98. The van der Waals surface area contributed by atoms with Gasteiger partial charge in [0.05, 0.1) is 6.10 Å². The fourth-order valence-corrected chi connectivity index (χ4v) is 2.59. The number of nitrogens with zero attached hydrogens (tertiary/aromatic N) is 3. The van der Waals surface area contributed by atoms with Gasteiger partial charge >= 0.3 is 0 Å². The second-order valence-corrected chi connectivity index (χ2v) is 5.71. The second kappa shape index (κ2) is 4.53. The van der Waals surface area contributed by atoms with Crippen molar-refractivity contribution in [2.45, 2.75) is 37.7 Å². The van der Waals surface area contributed by atoms with Crippen molar-refractivity contribution >= 4 is 21.7 Å². The van der Waals surface area contributed by atoms with Crippen molar-refractivity contribution in [3.8, 4) is 0 Å². The van der Waals surface area contributed by atoms with Crippen molar-refractivity contribution < 1.29 is 5.11 Å². The molecule has 1 saturated carbocycles. The Balaban J connectivity index is 1.81. The number of aliphatic hydroxyl groups is 1. The monoisotopic (exact) mass is 297 g/mol. The number of rotatable bonds is 2. The fraction of sp³-hybridized carbons (Fsp3) is 0.667. The standard InChI is InChI=1S/C12H16BrN3O/c13-10-7-11(15-12(14-10)8-1-2-8)16-5-3-9(17)4-6-16/h7-9,17H,1-6H2. The normalized spacial score (nSPS) is 21.9. The zero-order chi connectivity index (χ0) is 11.8. The molecule has 1 aliphatic heterocycles. The van der Waals surface area contributed by atoms with E-state index in [0.717, 1.165) is 42.2 Å². The number of hydrogen-bond acceptors (Lipinski definition) is 4. The molecule has 1 aromatic heterocycles. The number of anilines is 1. The van der Waals surface area contributed by atoms with Gasteiger partial charge < -0.3 is 10.0 Å². The van der Waals surface area contributed by atoms with Crippen molar-refractivity contribution in [1.29, 1.82) is 0 Å². The van der Waals surface area contributed by atoms with Gasteiger partial charge in [0.1, 0.15) is 16.2 Å². The average molecular weight is 298 g/mol. The molecule has 0 spiro atoms. The molecule has 3 rings (SSSR count). The van der Waals surface area contributed by atoms with E-state index in [0.29, 0.717) is 5.92 Å². The van der Waals surface area contributed by atoms with Crippen molar-refractivity contribution in [3.63, 3.8) is 0 Å². The minimum absolute atomic E-state index is 0.139. The maximum Gasteiger partial charge on any atom is 0.135 e. The summed E-state index contributed by atoms with van der Waals surface area (Å²) in [4.78, 5) is 11.3. The van der Waals surface area contributed by atoms with Gasteiger partial charge in [0, 0.05) is 25.1 Å². The Morgan fingerprint density at radius 1 is 1.18 bits per heavy atom. The lowest BCUT2D eigenvalue weighted by Crippen LogP contribution is -2.36. The van der Waals surface area contributed by atoms with E-state index in [1.165, 1.54) is 12.8 Å². The van der Waals surface area contributed by atoms with Crippen LogP contribution in [0.2, 0.25) is 0 Å². The Labute approximate surface area is 109 Å². The lowest BCUT2D eigenvalue weighted by molar-refractivity contribution is 0.145. The van der Waals surface area contributed by atoms with Gasteiger partial charge in [0.25, 0.3) is 0 Å². The Morgan fingerprint density at radius 2 is 1.88 bits per heavy atom. The van der Waals surface area contributed by atoms with Gasteiger partial charge in [-0.25, -0.2) is 9.97 Å². The Kier molecular flexibility index (Phi) is 3.04. The molecule has 0 bridgehead atoms. The summed E-state index contributed by atoms with van der Waals surface area (Å²) < 4.78 is 0.871. The number of aliphatic hydroxyl groups excluding tert-OH is 1. The highest BCUT2D eigenvalue weighted by atomic mass is 79.9. The molecule has 0 aromatic carbocycles. The molecule has 0 amide bonds. The van der Waals surface area contributed by atoms with Crippen LogP contribution < -0.4 is 4.90 Å². The summed E-state index contributed by atoms with van der Waals surface area (Å²) in [5, 5.41) is 9.51. The summed E-state index contributed by atoms with van der Waals surface area (Å²) in [7, 11) is 0. The number of aromatic nitrogens is 2. The molecule has 1 aromatic rings. The van der Waals surface area contributed by atoms with E-state index in [9.17, 15) is 5.11 Å². The molecular weight excluding hydrogens is 282 g/mol. The SMILES string of the molecule is OC1CCN(c2cc(Br)nc(C3CC3)n2)CC1. The van der Waals surface area contributed by atoms with Crippen molar-refractivity contribution in [1.82, 2.24) is 9.97 Å². The van der Waals surface area contributed by atoms with Gasteiger partial charge in [-0.3, -0.25) is 0 Å². The molecule has 2 heterocycles. The summed E-state index contributed by atoms with van der Waals surface area (Å²) in [6.45, 7) is 1.77. The third-order valence-electron chi connectivity index (χ3n) is 3.43. The predicted molar refractivity (Wildman–Crippen MR) is 69.2 cm³/mol. The van der Waals surface area contributed by atoms with Crippen LogP contribution in [0.1, 0.15) is 37.4 Å². The molecule has 1 saturated heterocycles. The van der Waals surface area contributed by atoms with Crippen LogP contribution in [-0.2, 0) is 0 Å². The van der Waals surface area contributed by atoms with Crippen LogP contribution >= 0.6 is 15.9 Å². The first-order chi connectivity index (χ1) is 8.22. The van der Waals surface area contributed by atoms with E-state index in [1.807, 2.05) is 6.07 Å². The number of piperidine rings is 1. The maximum absolute atomic E-state index is 9.51. The van der Waals surface area contributed by atoms with Crippen molar-refractivity contribution in [3.05, 3.63) is 16.5 Å². The average Bonchev–Trinajstić information content (AvgIpc) is 3.13. The molecule has 2 aliphatic rings. The van der Waals surface area contributed by atoms with E-state index >= 15 is 0 Å². The molecule has 17 heavy (non-hydrogen) atoms. The molecule has 4 nitrogen and oxygen atoms in total. The Bertz CT molecular complexity index is 414. The molecule has 92 valence electrons. The molecule has 0 radical (unpaired) electrons. The van der Waals surface area contributed by atoms with E-state index in [2.05, 4.69) is 30.8 Å². The van der Waals surface area contributed by atoms with Crippen molar-refractivity contribution in [2.24, 2.45) is 0 Å². The van der Waals surface area contributed by atoms with Crippen LogP contribution in [0, 0.1) is 0 Å². The van der Waals surface area contributed by atoms with Crippen LogP contribution in [0.25, 0.3) is 0 Å². The van der Waals surface area contributed by atoms with E-state index < -0.39 is 0 Å². The van der Waals surface area contributed by atoms with Gasteiger partial charge in [0.2, 0.25) is 0 Å². The molecular formula is C12H16BrN3O. The summed E-state index contributed by atoms with van der Waals surface area (Å²) in [6.07, 6.45) is 3.96. The van der Waals surface area contributed by atoms with Gasteiger partial charge in [-0.05, 0) is 41.6 Å². The topological polar surface area (TPSA) is 49.2 Å². The minimum atomic E-state index is -0.139. The van der Waals surface area contributed by atoms with Crippen LogP contribution in [0.4, 0.5) is 5.82 Å². The van der Waals surface area contributed by atoms with Gasteiger partial charge in [-0.1, -0.05) is 0 Å². The predicted octanol–water partition coefficient (Wildman–Crippen LogP) is 2.08. The number of halogens is 1. The second-order valence-electron chi connectivity index (χ2n) is 4.90. The highest BCUT2D eigenvalue weighted by molar-refractivity contribution is 9.10. The highest BCUT2D eigenvalue weighted by Crippen LogP contribution is 2.39. The summed E-state index contributed by atoms with van der Waals surface area (Å²) >= 11 is 3.46. The lowest BCUT2D eigenvalue weighted by atomic mass is 10.1. The largest absolute Gasteiger partial charge is 0.393 e. The third-order valence-corrected chi connectivity index (χ3v) is 3.84. The first kappa shape index (κ1) is 11.4. The Hall–Kier alpha value is -0.680. The van der Waals surface area contributed by atoms with Crippen LogP contribution in [0.15, 0.2) is 10.7 Å². The first-order valence-corrected chi connectivity index (χ1v) is 6.99. The Morgan fingerprint density at radius 3 is 2.53 bits per heavy atom. The minimum Gasteiger partial charge on any atom is -0.393 e. The molecule has 1 N–H and O–H groups in total. The highest BCUT2D eigenvalue weighted by Gasteiger charge is 2.28. The zero-order valence-corrected chi connectivity index (χ0v) is 11.2. The van der Waals surface area contributed by atoms with E-state index in [4.69, 9.17) is 0 Å². The molecule has 0 unspecified atom stereocenters. The summed E-state index contributed by atoms with van der Waals surface area (Å²) in [5.41, 5.74) is 0. The third kappa shape index (κ3) is 2.60. The lowest BCUT2D eigenvalue weighted by Gasteiger charge is -2.30. The van der Waals surface area contributed by atoms with Crippen molar-refractivity contribution in [2.75, 3.05) is 18.0 Å². The first-order valence-electron chi connectivity index (χ1n) is 6.20. The van der Waals surface area contributed by atoms with Crippen LogP contribution in [-0.4, -0.2) is 34.3 Å². The molecule has 2 fully saturated rings. The number of hydrogen-bond donors (Lipinski definition) is 1. The molecule has 5 heteroatoms. The molecule has 0 atom stereocenters. The quantitative estimate of drug-likeness (QED) is 0.849. The van der Waals surface area contributed by atoms with Gasteiger partial charge in [-0.2, -0.15) is 0 Å². The fourth-order valence-electron chi connectivity index (χ4n) is 2.20. The molecule has 1 aliphatic carbocycles. The van der Waals surface area contributed by atoms with E-state index in [1.54, 1.807) is 0 Å². The zero-order valence-electron chi connectivity index (χ0n) is 9.64. The van der Waals surface area contributed by atoms with E-state index in [-0.39, 0.29) is 6.10 Å². The summed E-state index contributed by atoms with van der Waals surface area (Å²) in [5.74, 6) is 2.54. The van der Waals surface area contributed by atoms with Gasteiger partial charge in [0.15, 0.2) is 0 Å². The van der Waals surface area contributed by atoms with Gasteiger partial charge in [-0.15, -0.1) is 0 Å². The van der Waals surface area contributed by atoms with Crippen LogP contribution in [0.5, 0.6) is 0 Å².